The summed E-state index contributed by atoms with van der Waals surface area (Å²) in [4.78, 5) is 24.3. The minimum atomic E-state index is -0.0138. The topological polar surface area (TPSA) is 81.4 Å². The fraction of sp³-hybridized carbons (Fsp3) is 0.600. The zero-order chi connectivity index (χ0) is 18.0. The van der Waals surface area contributed by atoms with E-state index in [1.54, 1.807) is 25.3 Å². The molecule has 0 radical (unpaired) electrons. The molecule has 0 aliphatic heterocycles. The van der Waals surface area contributed by atoms with E-state index in [1.165, 1.54) is 13.3 Å². The van der Waals surface area contributed by atoms with Gasteiger partial charge in [-0.05, 0) is 62.6 Å². The van der Waals surface area contributed by atoms with E-state index in [0.29, 0.717) is 23.1 Å². The molecule has 26 heavy (non-hydrogen) atoms. The lowest BCUT2D eigenvalue weighted by Gasteiger charge is -2.45. The van der Waals surface area contributed by atoms with Gasteiger partial charge >= 0.3 is 0 Å². The Morgan fingerprint density at radius 3 is 2.46 bits per heavy atom. The summed E-state index contributed by atoms with van der Waals surface area (Å²) in [7, 11) is 1.58. The maximum Gasteiger partial charge on any atom is 0.224 e. The number of fused-ring (bicyclic) bond motifs is 2. The van der Waals surface area contributed by atoms with Crippen LogP contribution in [0.25, 0.3) is 0 Å². The molecule has 1 aromatic carbocycles. The number of ether oxygens (including phenoxy) is 1. The number of amides is 1. The Balaban J connectivity index is 0.00000243. The minimum Gasteiger partial charge on any atom is -0.496 e. The Morgan fingerprint density at radius 1 is 1.23 bits per heavy atom. The lowest BCUT2D eigenvalue weighted by atomic mass is 9.67. The van der Waals surface area contributed by atoms with Crippen LogP contribution in [0.5, 0.6) is 5.75 Å². The number of carbonyl (C=O) groups excluding carboxylic acids is 2. The summed E-state index contributed by atoms with van der Waals surface area (Å²) in [5, 5.41) is 3.25. The highest BCUT2D eigenvalue weighted by atomic mass is 35.5. The van der Waals surface area contributed by atoms with Crippen molar-refractivity contribution in [2.45, 2.75) is 57.5 Å². The standard InChI is InChI=1S/C20H28N2O3.ClH/c1-12(23)13-6-7-18(25-2)16(8-13)11-19(24)22-20-14-4-3-5-15(20)10-17(21)9-14;/h6-8,14-15,17,20H,3-5,9-11,21H2,1-2H3,(H,22,24);1H. The third-order valence-corrected chi connectivity index (χ3v) is 5.74. The molecule has 0 heterocycles. The van der Waals surface area contributed by atoms with Gasteiger partial charge in [-0.1, -0.05) is 6.42 Å². The number of nitrogens with two attached hydrogens (primary N) is 1. The van der Waals surface area contributed by atoms with Crippen LogP contribution >= 0.6 is 12.4 Å². The highest BCUT2D eigenvalue weighted by Gasteiger charge is 2.39. The highest BCUT2D eigenvalue weighted by molar-refractivity contribution is 5.94. The molecule has 3 rings (SSSR count). The number of ketones is 1. The Hall–Kier alpha value is -1.59. The van der Waals surface area contributed by atoms with E-state index in [2.05, 4.69) is 5.32 Å². The zero-order valence-corrected chi connectivity index (χ0v) is 16.3. The first-order valence-electron chi connectivity index (χ1n) is 9.20. The van der Waals surface area contributed by atoms with Crippen LogP contribution in [0.1, 0.15) is 54.9 Å². The zero-order valence-electron chi connectivity index (χ0n) is 15.5. The van der Waals surface area contributed by atoms with Crippen molar-refractivity contribution >= 4 is 24.1 Å². The van der Waals surface area contributed by atoms with Gasteiger partial charge in [-0.15, -0.1) is 12.4 Å². The molecule has 2 saturated carbocycles. The van der Waals surface area contributed by atoms with Crippen molar-refractivity contribution in [3.05, 3.63) is 29.3 Å². The van der Waals surface area contributed by atoms with Gasteiger partial charge in [0.25, 0.3) is 0 Å². The molecule has 2 aliphatic carbocycles. The molecule has 0 aromatic heterocycles. The molecular formula is C20H29ClN2O3. The maximum absolute atomic E-state index is 12.7. The molecule has 2 unspecified atom stereocenters. The second-order valence-corrected chi connectivity index (χ2v) is 7.54. The predicted molar refractivity (Wildman–Crippen MR) is 104 cm³/mol. The first kappa shape index (κ1) is 20.7. The van der Waals surface area contributed by atoms with Crippen molar-refractivity contribution in [1.82, 2.24) is 5.32 Å². The molecule has 144 valence electrons. The summed E-state index contributed by atoms with van der Waals surface area (Å²) in [6, 6.07) is 5.76. The number of hydrogen-bond donors (Lipinski definition) is 2. The van der Waals surface area contributed by atoms with E-state index < -0.39 is 0 Å². The second kappa shape index (κ2) is 8.87. The van der Waals surface area contributed by atoms with Crippen LogP contribution in [0.2, 0.25) is 0 Å². The second-order valence-electron chi connectivity index (χ2n) is 7.54. The van der Waals surface area contributed by atoms with Crippen LogP contribution in [0.4, 0.5) is 0 Å². The molecule has 1 aromatic rings. The number of Topliss-reactive ketones (excluding diaryl/α,β-unsaturated/α-hetero) is 1. The lowest BCUT2D eigenvalue weighted by molar-refractivity contribution is -0.122. The first-order chi connectivity index (χ1) is 12.0. The van der Waals surface area contributed by atoms with E-state index in [4.69, 9.17) is 10.5 Å². The van der Waals surface area contributed by atoms with Crippen molar-refractivity contribution < 1.29 is 14.3 Å². The van der Waals surface area contributed by atoms with Crippen LogP contribution < -0.4 is 15.8 Å². The van der Waals surface area contributed by atoms with Crippen molar-refractivity contribution in [2.75, 3.05) is 7.11 Å². The van der Waals surface area contributed by atoms with Crippen LogP contribution in [0.3, 0.4) is 0 Å². The molecule has 2 bridgehead atoms. The van der Waals surface area contributed by atoms with E-state index in [1.807, 2.05) is 0 Å². The summed E-state index contributed by atoms with van der Waals surface area (Å²) in [5.41, 5.74) is 7.52. The molecule has 3 N–H and O–H groups in total. The molecule has 6 heteroatoms. The number of hydrogen-bond acceptors (Lipinski definition) is 4. The van der Waals surface area contributed by atoms with Gasteiger partial charge in [0.05, 0.1) is 13.5 Å². The molecule has 2 fully saturated rings. The van der Waals surface area contributed by atoms with E-state index in [9.17, 15) is 9.59 Å². The molecule has 0 saturated heterocycles. The summed E-state index contributed by atoms with van der Waals surface area (Å²) in [6.07, 6.45) is 5.78. The van der Waals surface area contributed by atoms with Gasteiger partial charge in [-0.25, -0.2) is 0 Å². The van der Waals surface area contributed by atoms with Gasteiger partial charge in [0, 0.05) is 23.2 Å². The van der Waals surface area contributed by atoms with Gasteiger partial charge in [0.15, 0.2) is 5.78 Å². The molecule has 2 aliphatic rings. The quantitative estimate of drug-likeness (QED) is 0.769. The minimum absolute atomic E-state index is 0. The van der Waals surface area contributed by atoms with E-state index in [-0.39, 0.29) is 42.6 Å². The molecule has 2 atom stereocenters. The maximum atomic E-state index is 12.7. The number of rotatable bonds is 5. The number of halogens is 1. The largest absolute Gasteiger partial charge is 0.496 e. The van der Waals surface area contributed by atoms with Crippen molar-refractivity contribution in [3.63, 3.8) is 0 Å². The SMILES string of the molecule is COc1ccc(C(C)=O)cc1CC(=O)NC1C2CCCC1CC(N)C2.Cl. The number of carbonyl (C=O) groups is 2. The third kappa shape index (κ3) is 4.57. The van der Waals surface area contributed by atoms with Gasteiger partial charge in [-0.2, -0.15) is 0 Å². The number of benzene rings is 1. The predicted octanol–water partition coefficient (Wildman–Crippen LogP) is 2.88. The Morgan fingerprint density at radius 2 is 1.88 bits per heavy atom. The summed E-state index contributed by atoms with van der Waals surface area (Å²) in [5.74, 6) is 1.62. The highest BCUT2D eigenvalue weighted by Crippen LogP contribution is 2.39. The average Bonchev–Trinajstić information content (AvgIpc) is 2.55. The van der Waals surface area contributed by atoms with Crippen LogP contribution in [0.15, 0.2) is 18.2 Å². The molecule has 1 amide bonds. The van der Waals surface area contributed by atoms with Crippen molar-refractivity contribution in [1.29, 1.82) is 0 Å². The molecule has 5 nitrogen and oxygen atoms in total. The fourth-order valence-electron chi connectivity index (χ4n) is 4.57. The smallest absolute Gasteiger partial charge is 0.224 e. The lowest BCUT2D eigenvalue weighted by Crippen LogP contribution is -2.54. The van der Waals surface area contributed by atoms with Crippen molar-refractivity contribution in [3.8, 4) is 5.75 Å². The summed E-state index contributed by atoms with van der Waals surface area (Å²) >= 11 is 0. The van der Waals surface area contributed by atoms with Crippen LogP contribution in [-0.4, -0.2) is 30.9 Å². The monoisotopic (exact) mass is 380 g/mol. The van der Waals surface area contributed by atoms with E-state index in [0.717, 1.165) is 31.2 Å². The van der Waals surface area contributed by atoms with Crippen LogP contribution in [0, 0.1) is 11.8 Å². The first-order valence-corrected chi connectivity index (χ1v) is 9.20. The number of methoxy groups -OCH3 is 1. The summed E-state index contributed by atoms with van der Waals surface area (Å²) in [6.45, 7) is 1.53. The third-order valence-electron chi connectivity index (χ3n) is 5.74. The van der Waals surface area contributed by atoms with Gasteiger partial charge < -0.3 is 15.8 Å². The van der Waals surface area contributed by atoms with Crippen molar-refractivity contribution in [2.24, 2.45) is 17.6 Å². The van der Waals surface area contributed by atoms with E-state index >= 15 is 0 Å². The normalized spacial score (nSPS) is 27.2. The Bertz CT molecular complexity index is 650. The van der Waals surface area contributed by atoms with Crippen LogP contribution in [-0.2, 0) is 11.2 Å². The average molecular weight is 381 g/mol. The fourth-order valence-corrected chi connectivity index (χ4v) is 4.57. The Labute approximate surface area is 161 Å². The van der Waals surface area contributed by atoms with Gasteiger partial charge in [0.2, 0.25) is 5.91 Å². The molecule has 0 spiro atoms. The van der Waals surface area contributed by atoms with Gasteiger partial charge in [0.1, 0.15) is 5.75 Å². The Kier molecular flexibility index (Phi) is 7.07. The molecular weight excluding hydrogens is 352 g/mol. The summed E-state index contributed by atoms with van der Waals surface area (Å²) < 4.78 is 5.35. The van der Waals surface area contributed by atoms with Gasteiger partial charge in [-0.3, -0.25) is 9.59 Å². The number of nitrogens with one attached hydrogen (secondary N) is 1.